The zero-order chi connectivity index (χ0) is 9.90. The molecule has 0 unspecified atom stereocenters. The standard InChI is InChI=1S/C10H13FO2/c1-10(2)6-3-4-8(5-7-10)9(12)13-11/h4-5,7H,3,6H2,1-2H3. The lowest BCUT2D eigenvalue weighted by Gasteiger charge is -2.16. The lowest BCUT2D eigenvalue weighted by molar-refractivity contribution is -0.177. The summed E-state index contributed by atoms with van der Waals surface area (Å²) >= 11 is 0. The number of hydrogen-bond donors (Lipinski definition) is 0. The number of allylic oxidation sites excluding steroid dienone is 2. The summed E-state index contributed by atoms with van der Waals surface area (Å²) in [5.41, 5.74) is 0.363. The molecule has 0 aromatic rings. The highest BCUT2D eigenvalue weighted by molar-refractivity contribution is 5.91. The van der Waals surface area contributed by atoms with Gasteiger partial charge in [-0.25, -0.2) is 9.74 Å². The molecule has 0 saturated carbocycles. The third-order valence-electron chi connectivity index (χ3n) is 2.17. The second-order valence-corrected chi connectivity index (χ2v) is 3.88. The maximum absolute atomic E-state index is 11.6. The van der Waals surface area contributed by atoms with Crippen LogP contribution in [0.25, 0.3) is 0 Å². The van der Waals surface area contributed by atoms with Crippen molar-refractivity contribution < 1.29 is 14.3 Å². The largest absolute Gasteiger partial charge is 0.379 e. The number of carbonyl (C=O) groups excluding carboxylic acids is 1. The fourth-order valence-electron chi connectivity index (χ4n) is 1.26. The van der Waals surface area contributed by atoms with Gasteiger partial charge in [0, 0.05) is 4.53 Å². The zero-order valence-corrected chi connectivity index (χ0v) is 7.84. The van der Waals surface area contributed by atoms with Gasteiger partial charge in [0.25, 0.3) is 0 Å². The van der Waals surface area contributed by atoms with Crippen LogP contribution < -0.4 is 0 Å². The van der Waals surface area contributed by atoms with Gasteiger partial charge in [0.05, 0.1) is 5.57 Å². The van der Waals surface area contributed by atoms with Gasteiger partial charge in [-0.15, -0.1) is 0 Å². The highest BCUT2D eigenvalue weighted by Crippen LogP contribution is 2.28. The first kappa shape index (κ1) is 9.96. The van der Waals surface area contributed by atoms with Crippen LogP contribution in [0.15, 0.2) is 23.8 Å². The van der Waals surface area contributed by atoms with Gasteiger partial charge in [-0.2, -0.15) is 0 Å². The lowest BCUT2D eigenvalue weighted by Crippen LogP contribution is -2.05. The number of hydrogen-bond acceptors (Lipinski definition) is 2. The van der Waals surface area contributed by atoms with E-state index in [-0.39, 0.29) is 5.41 Å². The first-order valence-electron chi connectivity index (χ1n) is 4.27. The molecule has 13 heavy (non-hydrogen) atoms. The van der Waals surface area contributed by atoms with Crippen LogP contribution in [-0.4, -0.2) is 5.97 Å². The molecule has 72 valence electrons. The van der Waals surface area contributed by atoms with Crippen LogP contribution in [0.4, 0.5) is 4.53 Å². The van der Waals surface area contributed by atoms with Gasteiger partial charge < -0.3 is 0 Å². The Hall–Kier alpha value is -1.12. The lowest BCUT2D eigenvalue weighted by atomic mass is 9.89. The fraction of sp³-hybridized carbons (Fsp3) is 0.500. The maximum Gasteiger partial charge on any atom is 0.379 e. The van der Waals surface area contributed by atoms with Gasteiger partial charge in [-0.3, -0.25) is 0 Å². The molecular weight excluding hydrogens is 171 g/mol. The Morgan fingerprint density at radius 3 is 2.92 bits per heavy atom. The molecule has 0 atom stereocenters. The van der Waals surface area contributed by atoms with Crippen molar-refractivity contribution in [2.75, 3.05) is 0 Å². The molecule has 0 fully saturated rings. The summed E-state index contributed by atoms with van der Waals surface area (Å²) in [6, 6.07) is 0. The third-order valence-corrected chi connectivity index (χ3v) is 2.17. The quantitative estimate of drug-likeness (QED) is 0.626. The van der Waals surface area contributed by atoms with E-state index in [0.717, 1.165) is 12.8 Å². The van der Waals surface area contributed by atoms with Crippen LogP contribution in [0.1, 0.15) is 26.7 Å². The van der Waals surface area contributed by atoms with Crippen molar-refractivity contribution in [2.45, 2.75) is 26.7 Å². The Bertz CT molecular complexity index is 264. The molecule has 0 heterocycles. The van der Waals surface area contributed by atoms with Gasteiger partial charge in [-0.1, -0.05) is 32.1 Å². The number of halogens is 1. The molecule has 0 aromatic carbocycles. The van der Waals surface area contributed by atoms with Gasteiger partial charge in [-0.05, 0) is 18.3 Å². The summed E-state index contributed by atoms with van der Waals surface area (Å²) in [6.07, 6.45) is 6.95. The molecule has 0 saturated heterocycles. The minimum Gasteiger partial charge on any atom is -0.249 e. The number of rotatable bonds is 1. The first-order chi connectivity index (χ1) is 6.05. The average molecular weight is 184 g/mol. The smallest absolute Gasteiger partial charge is 0.249 e. The van der Waals surface area contributed by atoms with E-state index >= 15 is 0 Å². The van der Waals surface area contributed by atoms with Crippen LogP contribution in [0.3, 0.4) is 0 Å². The minimum absolute atomic E-state index is 0.0643. The molecule has 3 heteroatoms. The third kappa shape index (κ3) is 2.68. The van der Waals surface area contributed by atoms with E-state index in [2.05, 4.69) is 18.8 Å². The van der Waals surface area contributed by atoms with Crippen molar-refractivity contribution in [3.63, 3.8) is 0 Å². The highest BCUT2D eigenvalue weighted by atomic mass is 19.3. The Balaban J connectivity index is 2.78. The SMILES string of the molecule is CC1(C)C=CC(C(=O)OF)=CCC1. The van der Waals surface area contributed by atoms with Crippen LogP contribution in [0.5, 0.6) is 0 Å². The first-order valence-corrected chi connectivity index (χ1v) is 4.27. The molecule has 1 aliphatic carbocycles. The van der Waals surface area contributed by atoms with E-state index in [9.17, 15) is 9.32 Å². The van der Waals surface area contributed by atoms with E-state index < -0.39 is 5.97 Å². The topological polar surface area (TPSA) is 26.3 Å². The summed E-state index contributed by atoms with van der Waals surface area (Å²) in [5.74, 6) is -0.908. The molecule has 0 amide bonds. The maximum atomic E-state index is 11.6. The van der Waals surface area contributed by atoms with Crippen molar-refractivity contribution in [2.24, 2.45) is 5.41 Å². The molecule has 0 aliphatic heterocycles. The zero-order valence-electron chi connectivity index (χ0n) is 7.84. The predicted molar refractivity (Wildman–Crippen MR) is 47.4 cm³/mol. The Morgan fingerprint density at radius 1 is 1.62 bits per heavy atom. The van der Waals surface area contributed by atoms with E-state index in [1.807, 2.05) is 6.08 Å². The Morgan fingerprint density at radius 2 is 2.31 bits per heavy atom. The van der Waals surface area contributed by atoms with Crippen molar-refractivity contribution in [1.82, 2.24) is 0 Å². The summed E-state index contributed by atoms with van der Waals surface area (Å²) in [4.78, 5) is 14.0. The van der Waals surface area contributed by atoms with E-state index in [1.54, 1.807) is 12.2 Å². The average Bonchev–Trinajstić information content (AvgIpc) is 2.25. The molecular formula is C10H13FO2. The van der Waals surface area contributed by atoms with Gasteiger partial charge >= 0.3 is 5.97 Å². The van der Waals surface area contributed by atoms with Gasteiger partial charge in [0.15, 0.2) is 0 Å². The highest BCUT2D eigenvalue weighted by Gasteiger charge is 2.18. The van der Waals surface area contributed by atoms with E-state index in [4.69, 9.17) is 0 Å². The second kappa shape index (κ2) is 3.73. The molecule has 0 radical (unpaired) electrons. The Kier molecular flexibility index (Phi) is 2.86. The monoisotopic (exact) mass is 184 g/mol. The molecule has 0 aromatic heterocycles. The minimum atomic E-state index is -0.908. The molecule has 2 nitrogen and oxygen atoms in total. The Labute approximate surface area is 77.0 Å². The predicted octanol–water partition coefficient (Wildman–Crippen LogP) is 2.72. The normalized spacial score (nSPS) is 20.4. The molecule has 0 spiro atoms. The van der Waals surface area contributed by atoms with Crippen molar-refractivity contribution in [3.05, 3.63) is 23.8 Å². The summed E-state index contributed by atoms with van der Waals surface area (Å²) in [6.45, 7) is 4.14. The number of carbonyl (C=O) groups is 1. The van der Waals surface area contributed by atoms with Crippen LogP contribution in [0, 0.1) is 5.41 Å². The van der Waals surface area contributed by atoms with Crippen molar-refractivity contribution in [3.8, 4) is 0 Å². The summed E-state index contributed by atoms with van der Waals surface area (Å²) in [5, 5.41) is 0. The van der Waals surface area contributed by atoms with Crippen molar-refractivity contribution in [1.29, 1.82) is 0 Å². The molecule has 1 rings (SSSR count). The summed E-state index contributed by atoms with van der Waals surface area (Å²) in [7, 11) is 0. The summed E-state index contributed by atoms with van der Waals surface area (Å²) < 4.78 is 11.6. The van der Waals surface area contributed by atoms with Crippen LogP contribution >= 0.6 is 0 Å². The fourth-order valence-corrected chi connectivity index (χ4v) is 1.26. The van der Waals surface area contributed by atoms with E-state index in [0.29, 0.717) is 5.57 Å². The second-order valence-electron chi connectivity index (χ2n) is 3.88. The van der Waals surface area contributed by atoms with Crippen LogP contribution in [-0.2, 0) is 9.74 Å². The van der Waals surface area contributed by atoms with Crippen LogP contribution in [0.2, 0.25) is 0 Å². The molecule has 0 N–H and O–H groups in total. The van der Waals surface area contributed by atoms with Crippen molar-refractivity contribution >= 4 is 5.97 Å². The molecule has 1 aliphatic rings. The van der Waals surface area contributed by atoms with Gasteiger partial charge in [0.1, 0.15) is 0 Å². The molecule has 0 bridgehead atoms. The van der Waals surface area contributed by atoms with Gasteiger partial charge in [0.2, 0.25) is 0 Å². The van der Waals surface area contributed by atoms with E-state index in [1.165, 1.54) is 0 Å².